The molecule has 1 aliphatic heterocycles. The van der Waals surface area contributed by atoms with Crippen molar-refractivity contribution >= 4 is 31.9 Å². The lowest BCUT2D eigenvalue weighted by molar-refractivity contribution is -0.143. The highest BCUT2D eigenvalue weighted by atomic mass is 79.9. The van der Waals surface area contributed by atoms with Crippen molar-refractivity contribution in [1.29, 1.82) is 0 Å². The van der Waals surface area contributed by atoms with Crippen LogP contribution in [0.1, 0.15) is 18.9 Å². The van der Waals surface area contributed by atoms with Crippen LogP contribution in [-0.2, 0) is 14.8 Å². The molecule has 0 spiro atoms. The number of aryl methyl sites for hydroxylation is 1. The average Bonchev–Trinajstić information content (AvgIpc) is 2.40. The van der Waals surface area contributed by atoms with Crippen molar-refractivity contribution in [2.45, 2.75) is 25.2 Å². The number of carboxylic acids is 1. The number of benzene rings is 1. The van der Waals surface area contributed by atoms with E-state index in [1.54, 1.807) is 12.1 Å². The SMILES string of the molecule is Cc1ccc(Br)c(S(=O)(=O)N2CC(C)CC(C(=O)O)C2)c1. The van der Waals surface area contributed by atoms with Crippen LogP contribution in [0, 0.1) is 18.8 Å². The average molecular weight is 376 g/mol. The van der Waals surface area contributed by atoms with E-state index in [0.29, 0.717) is 17.4 Å². The fourth-order valence-electron chi connectivity index (χ4n) is 2.63. The topological polar surface area (TPSA) is 74.7 Å². The van der Waals surface area contributed by atoms with Crippen LogP contribution in [0.25, 0.3) is 0 Å². The molecule has 0 amide bonds. The van der Waals surface area contributed by atoms with Crippen molar-refractivity contribution in [2.75, 3.05) is 13.1 Å². The fraction of sp³-hybridized carbons (Fsp3) is 0.500. The number of nitrogens with zero attached hydrogens (tertiary/aromatic N) is 1. The molecule has 7 heteroatoms. The summed E-state index contributed by atoms with van der Waals surface area (Å²) in [6.07, 6.45) is 0.510. The summed E-state index contributed by atoms with van der Waals surface area (Å²) in [5, 5.41) is 9.18. The first-order valence-electron chi connectivity index (χ1n) is 6.71. The molecule has 21 heavy (non-hydrogen) atoms. The van der Waals surface area contributed by atoms with Crippen molar-refractivity contribution in [1.82, 2.24) is 4.31 Å². The number of piperidine rings is 1. The highest BCUT2D eigenvalue weighted by molar-refractivity contribution is 9.10. The minimum Gasteiger partial charge on any atom is -0.481 e. The molecule has 1 aromatic carbocycles. The van der Waals surface area contributed by atoms with E-state index >= 15 is 0 Å². The lowest BCUT2D eigenvalue weighted by Crippen LogP contribution is -2.45. The van der Waals surface area contributed by atoms with Gasteiger partial charge in [-0.15, -0.1) is 0 Å². The zero-order valence-corrected chi connectivity index (χ0v) is 14.3. The summed E-state index contributed by atoms with van der Waals surface area (Å²) in [7, 11) is -3.69. The monoisotopic (exact) mass is 375 g/mol. The molecule has 0 aliphatic carbocycles. The van der Waals surface area contributed by atoms with E-state index in [9.17, 15) is 18.3 Å². The lowest BCUT2D eigenvalue weighted by Gasteiger charge is -2.34. The number of hydrogen-bond acceptors (Lipinski definition) is 3. The van der Waals surface area contributed by atoms with Gasteiger partial charge in [0.15, 0.2) is 0 Å². The minimum atomic E-state index is -3.69. The van der Waals surface area contributed by atoms with E-state index in [0.717, 1.165) is 5.56 Å². The van der Waals surface area contributed by atoms with Crippen LogP contribution in [0.4, 0.5) is 0 Å². The molecule has 1 aromatic rings. The predicted octanol–water partition coefficient (Wildman–Crippen LogP) is 2.49. The summed E-state index contributed by atoms with van der Waals surface area (Å²) in [4.78, 5) is 11.4. The second kappa shape index (κ2) is 6.06. The summed E-state index contributed by atoms with van der Waals surface area (Å²) in [6.45, 7) is 4.09. The Morgan fingerprint density at radius 2 is 2.05 bits per heavy atom. The molecule has 2 unspecified atom stereocenters. The summed E-state index contributed by atoms with van der Waals surface area (Å²) >= 11 is 3.27. The van der Waals surface area contributed by atoms with Gasteiger partial charge in [-0.1, -0.05) is 13.0 Å². The van der Waals surface area contributed by atoms with Crippen LogP contribution in [0.5, 0.6) is 0 Å². The largest absolute Gasteiger partial charge is 0.481 e. The summed E-state index contributed by atoms with van der Waals surface area (Å²) in [6, 6.07) is 5.13. The molecule has 5 nitrogen and oxygen atoms in total. The quantitative estimate of drug-likeness (QED) is 0.880. The van der Waals surface area contributed by atoms with Gasteiger partial charge in [0, 0.05) is 17.6 Å². The Bertz CT molecular complexity index is 659. The van der Waals surface area contributed by atoms with Gasteiger partial charge in [-0.2, -0.15) is 4.31 Å². The maximum absolute atomic E-state index is 12.8. The van der Waals surface area contributed by atoms with Crippen molar-refractivity contribution < 1.29 is 18.3 Å². The Hall–Kier alpha value is -0.920. The van der Waals surface area contributed by atoms with Gasteiger partial charge in [0.1, 0.15) is 0 Å². The van der Waals surface area contributed by atoms with Crippen molar-refractivity contribution in [3.8, 4) is 0 Å². The van der Waals surface area contributed by atoms with E-state index < -0.39 is 21.9 Å². The van der Waals surface area contributed by atoms with Gasteiger partial charge >= 0.3 is 5.97 Å². The number of halogens is 1. The Kier molecular flexibility index (Phi) is 4.75. The molecular formula is C14H18BrNO4S. The van der Waals surface area contributed by atoms with Gasteiger partial charge < -0.3 is 5.11 Å². The fourth-order valence-corrected chi connectivity index (χ4v) is 5.24. The maximum atomic E-state index is 12.8. The normalized spacial score (nSPS) is 24.0. The Morgan fingerprint density at radius 1 is 1.38 bits per heavy atom. The molecule has 0 saturated carbocycles. The molecular weight excluding hydrogens is 358 g/mol. The van der Waals surface area contributed by atoms with Gasteiger partial charge in [0.25, 0.3) is 0 Å². The third-order valence-corrected chi connectivity index (χ3v) is 6.51. The number of hydrogen-bond donors (Lipinski definition) is 1. The number of carboxylic acid groups (broad SMARTS) is 1. The van der Waals surface area contributed by atoms with Crippen molar-refractivity contribution in [3.63, 3.8) is 0 Å². The molecule has 0 aromatic heterocycles. The highest BCUT2D eigenvalue weighted by Gasteiger charge is 2.36. The zero-order chi connectivity index (χ0) is 15.8. The third-order valence-electron chi connectivity index (χ3n) is 3.68. The first kappa shape index (κ1) is 16.5. The predicted molar refractivity (Wildman–Crippen MR) is 82.5 cm³/mol. The minimum absolute atomic E-state index is 0.0261. The van der Waals surface area contributed by atoms with E-state index in [4.69, 9.17) is 0 Å². The highest BCUT2D eigenvalue weighted by Crippen LogP contribution is 2.31. The standard InChI is InChI=1S/C14H18BrNO4S/c1-9-3-4-12(15)13(6-9)21(19,20)16-7-10(2)5-11(8-16)14(17)18/h3-4,6,10-11H,5,7-8H2,1-2H3,(H,17,18). The molecule has 0 radical (unpaired) electrons. The Labute approximate surface area is 133 Å². The van der Waals surface area contributed by atoms with E-state index in [1.807, 2.05) is 19.9 Å². The zero-order valence-electron chi connectivity index (χ0n) is 11.9. The molecule has 0 bridgehead atoms. The van der Waals surface area contributed by atoms with E-state index in [1.165, 1.54) is 4.31 Å². The molecule has 2 atom stereocenters. The molecule has 1 aliphatic rings. The van der Waals surface area contributed by atoms with Crippen LogP contribution in [0.2, 0.25) is 0 Å². The smallest absolute Gasteiger partial charge is 0.307 e. The number of sulfonamides is 1. The van der Waals surface area contributed by atoms with Crippen molar-refractivity contribution in [2.24, 2.45) is 11.8 Å². The number of carbonyl (C=O) groups is 1. The van der Waals surface area contributed by atoms with Gasteiger partial charge in [-0.25, -0.2) is 8.42 Å². The van der Waals surface area contributed by atoms with E-state index in [-0.39, 0.29) is 17.4 Å². The lowest BCUT2D eigenvalue weighted by atomic mass is 9.92. The van der Waals surface area contributed by atoms with Crippen LogP contribution in [-0.4, -0.2) is 36.9 Å². The molecule has 1 saturated heterocycles. The van der Waals surface area contributed by atoms with Crippen LogP contribution in [0.15, 0.2) is 27.6 Å². The van der Waals surface area contributed by atoms with Gasteiger partial charge in [-0.3, -0.25) is 4.79 Å². The molecule has 1 N–H and O–H groups in total. The van der Waals surface area contributed by atoms with Crippen LogP contribution >= 0.6 is 15.9 Å². The maximum Gasteiger partial charge on any atom is 0.307 e. The Morgan fingerprint density at radius 3 is 2.67 bits per heavy atom. The van der Waals surface area contributed by atoms with E-state index in [2.05, 4.69) is 15.9 Å². The van der Waals surface area contributed by atoms with Crippen molar-refractivity contribution in [3.05, 3.63) is 28.2 Å². The summed E-state index contributed by atoms with van der Waals surface area (Å²) < 4.78 is 27.3. The van der Waals surface area contributed by atoms with Crippen LogP contribution < -0.4 is 0 Å². The first-order chi connectivity index (χ1) is 9.71. The molecule has 1 fully saturated rings. The van der Waals surface area contributed by atoms with Gasteiger partial charge in [0.05, 0.1) is 10.8 Å². The first-order valence-corrected chi connectivity index (χ1v) is 8.94. The second-order valence-corrected chi connectivity index (χ2v) is 8.39. The summed E-state index contributed by atoms with van der Waals surface area (Å²) in [5.74, 6) is -1.56. The second-order valence-electron chi connectivity index (χ2n) is 5.63. The third kappa shape index (κ3) is 3.46. The van der Waals surface area contributed by atoms with Gasteiger partial charge in [-0.05, 0) is 52.9 Å². The molecule has 116 valence electrons. The molecule has 1 heterocycles. The number of rotatable bonds is 3. The summed E-state index contributed by atoms with van der Waals surface area (Å²) in [5.41, 5.74) is 0.844. The van der Waals surface area contributed by atoms with Gasteiger partial charge in [0.2, 0.25) is 10.0 Å². The molecule has 2 rings (SSSR count). The van der Waals surface area contributed by atoms with Crippen LogP contribution in [0.3, 0.4) is 0 Å². The Balaban J connectivity index is 2.38. The number of aliphatic carboxylic acids is 1.